The molecule has 2 rings (SSSR count). The van der Waals surface area contributed by atoms with Gasteiger partial charge in [0.2, 0.25) is 5.91 Å². The van der Waals surface area contributed by atoms with Gasteiger partial charge in [-0.1, -0.05) is 43.3 Å². The van der Waals surface area contributed by atoms with Crippen LogP contribution in [0.1, 0.15) is 36.1 Å². The molecule has 0 spiro atoms. The number of hydrogen-bond acceptors (Lipinski definition) is 2. The predicted octanol–water partition coefficient (Wildman–Crippen LogP) is 3.98. The third-order valence-corrected chi connectivity index (χ3v) is 3.48. The molecular formula is C19H24N2O. The molecule has 0 fully saturated rings. The Labute approximate surface area is 132 Å². The molecule has 1 atom stereocenters. The first-order valence-electron chi connectivity index (χ1n) is 7.77. The molecule has 2 aromatic carbocycles. The monoisotopic (exact) mass is 296 g/mol. The maximum atomic E-state index is 12.7. The third kappa shape index (κ3) is 4.43. The molecule has 1 amide bonds. The molecule has 0 saturated heterocycles. The summed E-state index contributed by atoms with van der Waals surface area (Å²) >= 11 is 0. The van der Waals surface area contributed by atoms with Crippen molar-refractivity contribution in [1.29, 1.82) is 0 Å². The number of nitrogens with one attached hydrogen (secondary N) is 2. The number of hydrogen-bond donors (Lipinski definition) is 2. The van der Waals surface area contributed by atoms with Gasteiger partial charge in [-0.15, -0.1) is 0 Å². The first kappa shape index (κ1) is 16.2. The zero-order chi connectivity index (χ0) is 15.9. The molecule has 0 radical (unpaired) electrons. The zero-order valence-electron chi connectivity index (χ0n) is 13.5. The molecule has 2 aromatic rings. The van der Waals surface area contributed by atoms with Gasteiger partial charge in [-0.05, 0) is 55.6 Å². The molecule has 0 aliphatic heterocycles. The fourth-order valence-corrected chi connectivity index (χ4v) is 2.56. The van der Waals surface area contributed by atoms with Crippen molar-refractivity contribution in [3.63, 3.8) is 0 Å². The van der Waals surface area contributed by atoms with Crippen molar-refractivity contribution < 1.29 is 4.79 Å². The van der Waals surface area contributed by atoms with Crippen LogP contribution in [0.3, 0.4) is 0 Å². The molecule has 0 heterocycles. The lowest BCUT2D eigenvalue weighted by atomic mass is 10.1. The average molecular weight is 296 g/mol. The van der Waals surface area contributed by atoms with Crippen LogP contribution in [0.5, 0.6) is 0 Å². The standard InChI is InChI=1S/C19H24N2O/c1-4-10-20-18(16-8-6-5-7-9-16)19(22)21-17-12-14(2)11-15(3)13-17/h5-9,11-13,18,20H,4,10H2,1-3H3,(H,21,22). The van der Waals surface area contributed by atoms with Crippen LogP contribution in [0.15, 0.2) is 48.5 Å². The predicted molar refractivity (Wildman–Crippen MR) is 92.0 cm³/mol. The second-order valence-corrected chi connectivity index (χ2v) is 5.66. The van der Waals surface area contributed by atoms with Crippen LogP contribution in [0.2, 0.25) is 0 Å². The van der Waals surface area contributed by atoms with Crippen LogP contribution in [0, 0.1) is 13.8 Å². The molecule has 0 aliphatic carbocycles. The van der Waals surface area contributed by atoms with Crippen molar-refractivity contribution in [2.24, 2.45) is 0 Å². The largest absolute Gasteiger partial charge is 0.324 e. The Kier molecular flexibility index (Phi) is 5.73. The van der Waals surface area contributed by atoms with Gasteiger partial charge in [0.25, 0.3) is 0 Å². The summed E-state index contributed by atoms with van der Waals surface area (Å²) in [6.07, 6.45) is 0.986. The number of benzene rings is 2. The lowest BCUT2D eigenvalue weighted by Gasteiger charge is -2.19. The van der Waals surface area contributed by atoms with Gasteiger partial charge < -0.3 is 10.6 Å². The average Bonchev–Trinajstić information content (AvgIpc) is 2.47. The van der Waals surface area contributed by atoms with Crippen molar-refractivity contribution in [3.05, 3.63) is 65.2 Å². The summed E-state index contributed by atoms with van der Waals surface area (Å²) in [7, 11) is 0. The number of aryl methyl sites for hydroxylation is 2. The molecule has 0 aromatic heterocycles. The molecule has 3 nitrogen and oxygen atoms in total. The highest BCUT2D eigenvalue weighted by Gasteiger charge is 2.19. The summed E-state index contributed by atoms with van der Waals surface area (Å²) in [6, 6.07) is 15.6. The first-order chi connectivity index (χ1) is 10.6. The first-order valence-corrected chi connectivity index (χ1v) is 7.77. The van der Waals surface area contributed by atoms with Crippen LogP contribution in [0.4, 0.5) is 5.69 Å². The van der Waals surface area contributed by atoms with E-state index in [1.165, 1.54) is 0 Å². The molecule has 116 valence electrons. The summed E-state index contributed by atoms with van der Waals surface area (Å²) in [5.74, 6) is -0.0235. The Balaban J connectivity index is 2.18. The van der Waals surface area contributed by atoms with Crippen molar-refractivity contribution in [1.82, 2.24) is 5.32 Å². The van der Waals surface area contributed by atoms with Gasteiger partial charge in [0, 0.05) is 5.69 Å². The maximum Gasteiger partial charge on any atom is 0.246 e. The van der Waals surface area contributed by atoms with Crippen LogP contribution < -0.4 is 10.6 Å². The summed E-state index contributed by atoms with van der Waals surface area (Å²) in [6.45, 7) is 6.97. The number of carbonyl (C=O) groups excluding carboxylic acids is 1. The van der Waals surface area contributed by atoms with E-state index >= 15 is 0 Å². The smallest absolute Gasteiger partial charge is 0.246 e. The van der Waals surface area contributed by atoms with Gasteiger partial charge in [0.1, 0.15) is 6.04 Å². The maximum absolute atomic E-state index is 12.7. The summed E-state index contributed by atoms with van der Waals surface area (Å²) in [4.78, 5) is 12.7. The van der Waals surface area contributed by atoms with E-state index in [1.54, 1.807) is 0 Å². The van der Waals surface area contributed by atoms with Crippen LogP contribution in [-0.4, -0.2) is 12.5 Å². The van der Waals surface area contributed by atoms with E-state index in [0.29, 0.717) is 0 Å². The minimum atomic E-state index is -0.332. The van der Waals surface area contributed by atoms with Gasteiger partial charge >= 0.3 is 0 Å². The fourth-order valence-electron chi connectivity index (χ4n) is 2.56. The zero-order valence-corrected chi connectivity index (χ0v) is 13.5. The van der Waals surface area contributed by atoms with Crippen LogP contribution in [-0.2, 0) is 4.79 Å². The Bertz CT molecular complexity index is 602. The second kappa shape index (κ2) is 7.76. The Hall–Kier alpha value is -2.13. The minimum absolute atomic E-state index is 0.0235. The van der Waals surface area contributed by atoms with Gasteiger partial charge in [0.05, 0.1) is 0 Å². The van der Waals surface area contributed by atoms with E-state index in [0.717, 1.165) is 35.3 Å². The van der Waals surface area contributed by atoms with Crippen molar-refractivity contribution >= 4 is 11.6 Å². The van der Waals surface area contributed by atoms with E-state index in [1.807, 2.05) is 56.3 Å². The van der Waals surface area contributed by atoms with E-state index in [4.69, 9.17) is 0 Å². The lowest BCUT2D eigenvalue weighted by molar-refractivity contribution is -0.118. The van der Waals surface area contributed by atoms with Gasteiger partial charge in [-0.2, -0.15) is 0 Å². The lowest BCUT2D eigenvalue weighted by Crippen LogP contribution is -2.33. The molecule has 0 bridgehead atoms. The van der Waals surface area contributed by atoms with Crippen molar-refractivity contribution in [2.45, 2.75) is 33.2 Å². The number of carbonyl (C=O) groups is 1. The Morgan fingerprint density at radius 2 is 1.68 bits per heavy atom. The highest BCUT2D eigenvalue weighted by molar-refractivity contribution is 5.95. The molecule has 1 unspecified atom stereocenters. The van der Waals surface area contributed by atoms with E-state index in [9.17, 15) is 4.79 Å². The van der Waals surface area contributed by atoms with Crippen molar-refractivity contribution in [3.8, 4) is 0 Å². The Morgan fingerprint density at radius 1 is 1.05 bits per heavy atom. The van der Waals surface area contributed by atoms with E-state index < -0.39 is 0 Å². The molecule has 2 N–H and O–H groups in total. The van der Waals surface area contributed by atoms with Crippen molar-refractivity contribution in [2.75, 3.05) is 11.9 Å². The highest BCUT2D eigenvalue weighted by Crippen LogP contribution is 2.18. The summed E-state index contributed by atoms with van der Waals surface area (Å²) in [5.41, 5.74) is 4.13. The Morgan fingerprint density at radius 3 is 2.27 bits per heavy atom. The SMILES string of the molecule is CCCNC(C(=O)Nc1cc(C)cc(C)c1)c1ccccc1. The number of rotatable bonds is 6. The van der Waals surface area contributed by atoms with Gasteiger partial charge in [-0.25, -0.2) is 0 Å². The summed E-state index contributed by atoms with van der Waals surface area (Å²) in [5, 5.41) is 6.35. The normalized spacial score (nSPS) is 12.0. The second-order valence-electron chi connectivity index (χ2n) is 5.66. The molecule has 3 heteroatoms. The molecule has 0 saturated carbocycles. The quantitative estimate of drug-likeness (QED) is 0.846. The van der Waals surface area contributed by atoms with E-state index in [2.05, 4.69) is 23.6 Å². The molecular weight excluding hydrogens is 272 g/mol. The fraction of sp³-hybridized carbons (Fsp3) is 0.316. The molecule has 0 aliphatic rings. The topological polar surface area (TPSA) is 41.1 Å². The summed E-state index contributed by atoms with van der Waals surface area (Å²) < 4.78 is 0. The van der Waals surface area contributed by atoms with E-state index in [-0.39, 0.29) is 11.9 Å². The van der Waals surface area contributed by atoms with Crippen LogP contribution >= 0.6 is 0 Å². The minimum Gasteiger partial charge on any atom is -0.324 e. The van der Waals surface area contributed by atoms with Gasteiger partial charge in [0.15, 0.2) is 0 Å². The molecule has 22 heavy (non-hydrogen) atoms. The third-order valence-electron chi connectivity index (χ3n) is 3.48. The highest BCUT2D eigenvalue weighted by atomic mass is 16.2. The van der Waals surface area contributed by atoms with Gasteiger partial charge in [-0.3, -0.25) is 4.79 Å². The number of anilines is 1. The number of amides is 1. The van der Waals surface area contributed by atoms with Crippen LogP contribution in [0.25, 0.3) is 0 Å².